The summed E-state index contributed by atoms with van der Waals surface area (Å²) in [4.78, 5) is 6.76. The van der Waals surface area contributed by atoms with E-state index in [1.165, 1.54) is 10.9 Å². The summed E-state index contributed by atoms with van der Waals surface area (Å²) in [7, 11) is 0. The molecule has 3 aromatic rings. The Hall–Kier alpha value is -2.24. The number of benzene rings is 1. The van der Waals surface area contributed by atoms with E-state index >= 15 is 0 Å². The van der Waals surface area contributed by atoms with Gasteiger partial charge >= 0.3 is 0 Å². The molecular weight excluding hydrogens is 336 g/mol. The number of nitrogens with one attached hydrogen (secondary N) is 1. The first-order chi connectivity index (χ1) is 12.9. The molecule has 2 atom stereocenters. The van der Waals surface area contributed by atoms with Crippen LogP contribution in [-0.4, -0.2) is 44.4 Å². The highest BCUT2D eigenvalue weighted by Gasteiger charge is 2.32. The monoisotopic (exact) mass is 364 g/mol. The van der Waals surface area contributed by atoms with Crippen LogP contribution >= 0.6 is 0 Å². The average molecular weight is 364 g/mol. The van der Waals surface area contributed by atoms with E-state index in [9.17, 15) is 5.11 Å². The summed E-state index contributed by atoms with van der Waals surface area (Å²) in [6.07, 6.45) is 2.44. The second-order valence-corrected chi connectivity index (χ2v) is 8.74. The molecule has 0 bridgehead atoms. The topological polar surface area (TPSA) is 65.0 Å². The van der Waals surface area contributed by atoms with Crippen molar-refractivity contribution < 1.29 is 5.11 Å². The number of para-hydroxylation sites is 1. The van der Waals surface area contributed by atoms with E-state index in [1.54, 1.807) is 0 Å². The number of hydrogen-bond donors (Lipinski definition) is 2. The summed E-state index contributed by atoms with van der Waals surface area (Å²) in [6.45, 7) is 8.90. The Morgan fingerprint density at radius 3 is 2.78 bits per heavy atom. The van der Waals surface area contributed by atoms with E-state index in [0.717, 1.165) is 36.4 Å². The maximum atomic E-state index is 10.6. The lowest BCUT2D eigenvalue weighted by Gasteiger charge is -2.16. The van der Waals surface area contributed by atoms with Gasteiger partial charge in [0, 0.05) is 48.2 Å². The zero-order valence-corrected chi connectivity index (χ0v) is 16.3. The largest absolute Gasteiger partial charge is 0.391 e. The second kappa shape index (κ2) is 7.06. The van der Waals surface area contributed by atoms with Crippen LogP contribution in [0.25, 0.3) is 10.9 Å². The van der Waals surface area contributed by atoms with E-state index in [4.69, 9.17) is 0 Å². The van der Waals surface area contributed by atoms with Gasteiger partial charge in [-0.15, -0.1) is 0 Å². The summed E-state index contributed by atoms with van der Waals surface area (Å²) in [6, 6.07) is 12.5. The van der Waals surface area contributed by atoms with Crippen molar-refractivity contribution in [1.29, 1.82) is 0 Å². The van der Waals surface area contributed by atoms with E-state index in [2.05, 4.69) is 65.1 Å². The van der Waals surface area contributed by atoms with Crippen molar-refractivity contribution in [1.82, 2.24) is 20.1 Å². The molecule has 0 radical (unpaired) electrons. The van der Waals surface area contributed by atoms with E-state index in [-0.39, 0.29) is 17.4 Å². The van der Waals surface area contributed by atoms with Gasteiger partial charge in [-0.3, -0.25) is 15.0 Å². The van der Waals surface area contributed by atoms with Gasteiger partial charge in [0.25, 0.3) is 0 Å². The van der Waals surface area contributed by atoms with Gasteiger partial charge in [0.15, 0.2) is 0 Å². The maximum absolute atomic E-state index is 10.6. The number of H-pyrrole nitrogens is 1. The van der Waals surface area contributed by atoms with Crippen LogP contribution in [-0.2, 0) is 18.4 Å². The zero-order valence-electron chi connectivity index (χ0n) is 16.3. The molecule has 27 heavy (non-hydrogen) atoms. The van der Waals surface area contributed by atoms with Crippen molar-refractivity contribution in [2.24, 2.45) is 5.92 Å². The summed E-state index contributed by atoms with van der Waals surface area (Å²) < 4.78 is 0. The van der Waals surface area contributed by atoms with Gasteiger partial charge in [0.1, 0.15) is 0 Å². The van der Waals surface area contributed by atoms with Crippen molar-refractivity contribution in [2.45, 2.75) is 45.3 Å². The molecule has 2 aromatic heterocycles. The molecule has 1 aromatic carbocycles. The second-order valence-electron chi connectivity index (χ2n) is 8.74. The van der Waals surface area contributed by atoms with Crippen LogP contribution in [0.5, 0.6) is 0 Å². The van der Waals surface area contributed by atoms with Crippen LogP contribution in [0, 0.1) is 5.92 Å². The average Bonchev–Trinajstić information content (AvgIpc) is 3.22. The van der Waals surface area contributed by atoms with Gasteiger partial charge in [-0.05, 0) is 30.2 Å². The summed E-state index contributed by atoms with van der Waals surface area (Å²) in [5, 5.41) is 19.4. The summed E-state index contributed by atoms with van der Waals surface area (Å²) in [5.74, 6) is 0.237. The zero-order chi connectivity index (χ0) is 19.0. The van der Waals surface area contributed by atoms with E-state index in [1.807, 2.05) is 18.3 Å². The maximum Gasteiger partial charge on any atom is 0.0710 e. The third-order valence-corrected chi connectivity index (χ3v) is 5.50. The van der Waals surface area contributed by atoms with Crippen LogP contribution in [0.4, 0.5) is 0 Å². The minimum absolute atomic E-state index is 0.0458. The number of aliphatic hydroxyl groups excluding tert-OH is 1. The highest BCUT2D eigenvalue weighted by atomic mass is 16.3. The van der Waals surface area contributed by atoms with Crippen molar-refractivity contribution in [2.75, 3.05) is 13.1 Å². The van der Waals surface area contributed by atoms with E-state index < -0.39 is 0 Å². The number of aliphatic hydroxyl groups is 1. The van der Waals surface area contributed by atoms with Crippen molar-refractivity contribution in [3.8, 4) is 0 Å². The molecule has 2 N–H and O–H groups in total. The van der Waals surface area contributed by atoms with Gasteiger partial charge in [-0.1, -0.05) is 39.0 Å². The number of β-amino-alcohol motifs (C(OH)–C–C–N with tert-alkyl or cyclic N) is 1. The molecule has 0 saturated carbocycles. The fourth-order valence-electron chi connectivity index (χ4n) is 3.95. The quantitative estimate of drug-likeness (QED) is 0.746. The highest BCUT2D eigenvalue weighted by Crippen LogP contribution is 2.27. The number of pyridine rings is 1. The predicted molar refractivity (Wildman–Crippen MR) is 108 cm³/mol. The molecule has 0 spiro atoms. The Labute approximate surface area is 160 Å². The first-order valence-electron chi connectivity index (χ1n) is 9.68. The van der Waals surface area contributed by atoms with Crippen LogP contribution < -0.4 is 0 Å². The van der Waals surface area contributed by atoms with Crippen LogP contribution in [0.15, 0.2) is 42.6 Å². The number of fused-ring (bicyclic) bond motifs is 1. The van der Waals surface area contributed by atoms with Crippen LogP contribution in [0.3, 0.4) is 0 Å². The number of nitrogens with zero attached hydrogens (tertiary/aromatic N) is 3. The summed E-state index contributed by atoms with van der Waals surface area (Å²) >= 11 is 0. The number of hydrogen-bond acceptors (Lipinski definition) is 4. The molecule has 5 heteroatoms. The number of rotatable bonds is 4. The molecule has 0 aliphatic carbocycles. The lowest BCUT2D eigenvalue weighted by atomic mass is 9.92. The Balaban J connectivity index is 1.44. The Morgan fingerprint density at radius 1 is 1.19 bits per heavy atom. The van der Waals surface area contributed by atoms with Crippen LogP contribution in [0.1, 0.15) is 37.7 Å². The normalized spacial score (nSPS) is 21.2. The molecule has 142 valence electrons. The van der Waals surface area contributed by atoms with Crippen molar-refractivity contribution in [3.63, 3.8) is 0 Å². The molecule has 1 aliphatic rings. The third kappa shape index (κ3) is 3.89. The van der Waals surface area contributed by atoms with Gasteiger partial charge < -0.3 is 5.11 Å². The minimum atomic E-state index is -0.304. The van der Waals surface area contributed by atoms with Crippen molar-refractivity contribution >= 4 is 10.9 Å². The van der Waals surface area contributed by atoms with Gasteiger partial charge in [0.2, 0.25) is 0 Å². The first kappa shape index (κ1) is 18.1. The van der Waals surface area contributed by atoms with E-state index in [0.29, 0.717) is 6.54 Å². The van der Waals surface area contributed by atoms with Gasteiger partial charge in [-0.25, -0.2) is 0 Å². The molecular formula is C22H28N4O. The first-order valence-corrected chi connectivity index (χ1v) is 9.68. The fourth-order valence-corrected chi connectivity index (χ4v) is 3.95. The summed E-state index contributed by atoms with van der Waals surface area (Å²) in [5.41, 5.74) is 4.53. The molecule has 1 fully saturated rings. The SMILES string of the molecule is CC(C)(C)c1cc(CN2C[C@@H](Cc3ccnc4ccccc34)[C@@H](O)C2)[nH]n1. The van der Waals surface area contributed by atoms with Crippen LogP contribution in [0.2, 0.25) is 0 Å². The number of aromatic nitrogens is 3. The Bertz CT molecular complexity index is 922. The molecule has 1 aliphatic heterocycles. The van der Waals surface area contributed by atoms with Crippen molar-refractivity contribution in [3.05, 3.63) is 59.5 Å². The fraction of sp³-hybridized carbons (Fsp3) is 0.455. The lowest BCUT2D eigenvalue weighted by Crippen LogP contribution is -2.21. The minimum Gasteiger partial charge on any atom is -0.391 e. The number of aromatic amines is 1. The Morgan fingerprint density at radius 2 is 2.00 bits per heavy atom. The predicted octanol–water partition coefficient (Wildman–Crippen LogP) is 3.29. The standard InChI is InChI=1S/C22H28N4O/c1-22(2,3)21-11-17(24-25-21)13-26-12-16(20(27)14-26)10-15-8-9-23-19-7-5-4-6-18(15)19/h4-9,11,16,20,27H,10,12-14H2,1-3H3,(H,24,25)/t16-,20+/m1/s1. The smallest absolute Gasteiger partial charge is 0.0710 e. The molecule has 4 rings (SSSR count). The molecule has 5 nitrogen and oxygen atoms in total. The molecule has 3 heterocycles. The molecule has 0 amide bonds. The van der Waals surface area contributed by atoms with Gasteiger partial charge in [-0.2, -0.15) is 5.10 Å². The molecule has 1 saturated heterocycles. The third-order valence-electron chi connectivity index (χ3n) is 5.50. The Kier molecular flexibility index (Phi) is 4.74. The number of likely N-dealkylation sites (tertiary alicyclic amines) is 1. The lowest BCUT2D eigenvalue weighted by molar-refractivity contribution is 0.141. The van der Waals surface area contributed by atoms with Gasteiger partial charge in [0.05, 0.1) is 17.3 Å². The molecule has 0 unspecified atom stereocenters. The highest BCUT2D eigenvalue weighted by molar-refractivity contribution is 5.81.